The van der Waals surface area contributed by atoms with Gasteiger partial charge in [-0.25, -0.2) is 0 Å². The van der Waals surface area contributed by atoms with Gasteiger partial charge >= 0.3 is 0 Å². The topological polar surface area (TPSA) is 52.9 Å². The molecule has 1 fully saturated rings. The molecule has 0 saturated heterocycles. The van der Waals surface area contributed by atoms with Gasteiger partial charge in [-0.05, 0) is 25.7 Å². The van der Waals surface area contributed by atoms with Gasteiger partial charge in [0.15, 0.2) is 0 Å². The summed E-state index contributed by atoms with van der Waals surface area (Å²) >= 11 is 0. The number of nitriles is 1. The lowest BCUT2D eigenvalue weighted by Gasteiger charge is -2.17. The molecule has 1 saturated carbocycles. The first-order valence-electron chi connectivity index (χ1n) is 3.78. The van der Waals surface area contributed by atoms with Crippen LogP contribution >= 0.6 is 0 Å². The lowest BCUT2D eigenvalue weighted by Crippen LogP contribution is -2.37. The minimum atomic E-state index is -0.783. The second-order valence-corrected chi connectivity index (χ2v) is 3.17. The van der Waals surface area contributed by atoms with E-state index in [0.29, 0.717) is 0 Å². The lowest BCUT2D eigenvalue weighted by atomic mass is 9.86. The van der Waals surface area contributed by atoms with Crippen molar-refractivity contribution in [1.29, 1.82) is 5.26 Å². The van der Waals surface area contributed by atoms with E-state index in [4.69, 9.17) is 5.26 Å². The molecule has 11 heavy (non-hydrogen) atoms. The van der Waals surface area contributed by atoms with Crippen LogP contribution < -0.4 is 5.32 Å². The Morgan fingerprint density at radius 1 is 1.73 bits per heavy atom. The van der Waals surface area contributed by atoms with Crippen molar-refractivity contribution in [3.05, 3.63) is 0 Å². The Labute approximate surface area is 66.4 Å². The summed E-state index contributed by atoms with van der Waals surface area (Å²) in [5.41, 5.74) is -0.783. The first-order valence-corrected chi connectivity index (χ1v) is 3.78. The van der Waals surface area contributed by atoms with Gasteiger partial charge in [0.2, 0.25) is 5.91 Å². The van der Waals surface area contributed by atoms with Gasteiger partial charge in [-0.1, -0.05) is 0 Å². The van der Waals surface area contributed by atoms with E-state index in [1.165, 1.54) is 0 Å². The van der Waals surface area contributed by atoms with Gasteiger partial charge in [-0.15, -0.1) is 0 Å². The molecule has 1 atom stereocenters. The lowest BCUT2D eigenvalue weighted by molar-refractivity contribution is -0.127. The van der Waals surface area contributed by atoms with Gasteiger partial charge in [-0.3, -0.25) is 4.79 Å². The summed E-state index contributed by atoms with van der Waals surface area (Å²) in [5.74, 6) is 0.134. The van der Waals surface area contributed by atoms with Crippen LogP contribution in [0.3, 0.4) is 0 Å². The van der Waals surface area contributed by atoms with E-state index in [1.54, 1.807) is 14.0 Å². The van der Waals surface area contributed by atoms with Crippen LogP contribution in [0.1, 0.15) is 19.8 Å². The highest BCUT2D eigenvalue weighted by atomic mass is 16.2. The molecule has 1 aliphatic carbocycles. The average Bonchev–Trinajstić information content (AvgIpc) is 2.84. The molecular weight excluding hydrogens is 140 g/mol. The van der Waals surface area contributed by atoms with Crippen LogP contribution in [0.4, 0.5) is 0 Å². The van der Waals surface area contributed by atoms with Crippen molar-refractivity contribution >= 4 is 5.91 Å². The molecule has 1 amide bonds. The number of carbonyl (C=O) groups is 1. The molecule has 1 rings (SSSR count). The molecule has 0 aromatic carbocycles. The molecule has 0 bridgehead atoms. The van der Waals surface area contributed by atoms with Crippen LogP contribution in [0.15, 0.2) is 0 Å². The Hall–Kier alpha value is -1.04. The van der Waals surface area contributed by atoms with Gasteiger partial charge < -0.3 is 5.32 Å². The van der Waals surface area contributed by atoms with Crippen LogP contribution in [0, 0.1) is 22.7 Å². The molecule has 1 unspecified atom stereocenters. The molecule has 0 spiro atoms. The zero-order valence-electron chi connectivity index (χ0n) is 6.85. The molecule has 0 radical (unpaired) electrons. The summed E-state index contributed by atoms with van der Waals surface area (Å²) in [6.07, 6.45) is 2.02. The maximum atomic E-state index is 11.2. The summed E-state index contributed by atoms with van der Waals surface area (Å²) in [4.78, 5) is 11.2. The van der Waals surface area contributed by atoms with E-state index in [2.05, 4.69) is 11.4 Å². The fourth-order valence-corrected chi connectivity index (χ4v) is 1.25. The summed E-state index contributed by atoms with van der Waals surface area (Å²) in [6, 6.07) is 2.08. The first-order chi connectivity index (χ1) is 5.15. The zero-order valence-corrected chi connectivity index (χ0v) is 6.85. The van der Waals surface area contributed by atoms with Crippen LogP contribution in [0.5, 0.6) is 0 Å². The SMILES string of the molecule is CNC(=O)C(C)(C#N)C1CC1. The minimum Gasteiger partial charge on any atom is -0.358 e. The number of amides is 1. The van der Waals surface area contributed by atoms with E-state index < -0.39 is 5.41 Å². The van der Waals surface area contributed by atoms with Crippen molar-refractivity contribution < 1.29 is 4.79 Å². The number of rotatable bonds is 2. The Bertz CT molecular complexity index is 215. The van der Waals surface area contributed by atoms with Crippen LogP contribution in [-0.2, 0) is 4.79 Å². The maximum absolute atomic E-state index is 11.2. The average molecular weight is 152 g/mol. The van der Waals surface area contributed by atoms with Crippen molar-refractivity contribution in [2.45, 2.75) is 19.8 Å². The third-order valence-electron chi connectivity index (χ3n) is 2.32. The Kier molecular flexibility index (Phi) is 1.86. The Balaban J connectivity index is 2.75. The van der Waals surface area contributed by atoms with E-state index in [0.717, 1.165) is 12.8 Å². The van der Waals surface area contributed by atoms with Gasteiger partial charge in [0.1, 0.15) is 5.41 Å². The third kappa shape index (κ3) is 1.21. The third-order valence-corrected chi connectivity index (χ3v) is 2.32. The number of carbonyl (C=O) groups excluding carboxylic acids is 1. The van der Waals surface area contributed by atoms with Crippen LogP contribution in [0.2, 0.25) is 0 Å². The van der Waals surface area contributed by atoms with Crippen LogP contribution in [-0.4, -0.2) is 13.0 Å². The number of hydrogen-bond donors (Lipinski definition) is 1. The highest BCUT2D eigenvalue weighted by molar-refractivity contribution is 5.85. The summed E-state index contributed by atoms with van der Waals surface area (Å²) in [7, 11) is 1.57. The second-order valence-electron chi connectivity index (χ2n) is 3.17. The molecule has 3 heteroatoms. The van der Waals surface area contributed by atoms with Crippen molar-refractivity contribution in [2.24, 2.45) is 11.3 Å². The molecule has 1 aliphatic rings. The van der Waals surface area contributed by atoms with Crippen molar-refractivity contribution in [3.63, 3.8) is 0 Å². The molecule has 1 N–H and O–H groups in total. The molecule has 60 valence electrons. The second kappa shape index (κ2) is 2.54. The monoisotopic (exact) mass is 152 g/mol. The van der Waals surface area contributed by atoms with E-state index in [9.17, 15) is 4.79 Å². The molecule has 0 aromatic rings. The molecule has 0 heterocycles. The molecule has 3 nitrogen and oxygen atoms in total. The number of hydrogen-bond acceptors (Lipinski definition) is 2. The van der Waals surface area contributed by atoms with Crippen molar-refractivity contribution in [3.8, 4) is 6.07 Å². The number of nitrogens with zero attached hydrogens (tertiary/aromatic N) is 1. The van der Waals surface area contributed by atoms with Crippen molar-refractivity contribution in [1.82, 2.24) is 5.32 Å². The summed E-state index contributed by atoms with van der Waals surface area (Å²) in [6.45, 7) is 1.71. The molecular formula is C8H12N2O. The normalized spacial score (nSPS) is 21.5. The highest BCUT2D eigenvalue weighted by Gasteiger charge is 2.47. The largest absolute Gasteiger partial charge is 0.358 e. The number of nitrogens with one attached hydrogen (secondary N) is 1. The van der Waals surface area contributed by atoms with Gasteiger partial charge in [0.25, 0.3) is 0 Å². The van der Waals surface area contributed by atoms with Crippen molar-refractivity contribution in [2.75, 3.05) is 7.05 Å². The predicted octanol–water partition coefficient (Wildman–Crippen LogP) is 0.672. The predicted molar refractivity (Wildman–Crippen MR) is 40.5 cm³/mol. The smallest absolute Gasteiger partial charge is 0.240 e. The van der Waals surface area contributed by atoms with Gasteiger partial charge in [0.05, 0.1) is 6.07 Å². The van der Waals surface area contributed by atoms with Gasteiger partial charge in [-0.2, -0.15) is 5.26 Å². The summed E-state index contributed by atoms with van der Waals surface area (Å²) in [5, 5.41) is 11.3. The Morgan fingerprint density at radius 3 is 2.55 bits per heavy atom. The fourth-order valence-electron chi connectivity index (χ4n) is 1.25. The standard InChI is InChI=1S/C8H12N2O/c1-8(5-9,6-3-4-6)7(11)10-2/h6H,3-4H2,1-2H3,(H,10,11). The Morgan fingerprint density at radius 2 is 2.27 bits per heavy atom. The van der Waals surface area contributed by atoms with Gasteiger partial charge in [0, 0.05) is 7.05 Å². The minimum absolute atomic E-state index is 0.150. The summed E-state index contributed by atoms with van der Waals surface area (Å²) < 4.78 is 0. The molecule has 0 aromatic heterocycles. The fraction of sp³-hybridized carbons (Fsp3) is 0.750. The molecule has 0 aliphatic heterocycles. The van der Waals surface area contributed by atoms with E-state index >= 15 is 0 Å². The van der Waals surface area contributed by atoms with E-state index in [-0.39, 0.29) is 11.8 Å². The first kappa shape index (κ1) is 8.06. The van der Waals surface area contributed by atoms with Crippen LogP contribution in [0.25, 0.3) is 0 Å². The maximum Gasteiger partial charge on any atom is 0.240 e. The highest BCUT2D eigenvalue weighted by Crippen LogP contribution is 2.45. The zero-order chi connectivity index (χ0) is 8.48. The van der Waals surface area contributed by atoms with E-state index in [1.807, 2.05) is 0 Å². The quantitative estimate of drug-likeness (QED) is 0.632.